The molecule has 10 N–H and O–H groups in total. The average Bonchev–Trinajstić information content (AvgIpc) is 3.84. The molecule has 0 radical (unpaired) electrons. The highest BCUT2D eigenvalue weighted by atomic mass is 32.1. The highest BCUT2D eigenvalue weighted by Crippen LogP contribution is 2.20. The Labute approximate surface area is 318 Å². The SMILES string of the molecule is CC(C)CC(N)C(=O)NC(C)C(=O)NC(Cc1cnc[nH]1)C(=O)NC(CS)C(=O)NC(Cc1ccccc1)C(=O)N1CCCC1C(=O)NC(CO)C(=O)O. The highest BCUT2D eigenvalue weighted by Gasteiger charge is 2.39. The van der Waals surface area contributed by atoms with Crippen LogP contribution in [0.3, 0.4) is 0 Å². The van der Waals surface area contributed by atoms with Crippen molar-refractivity contribution < 1.29 is 43.8 Å². The summed E-state index contributed by atoms with van der Waals surface area (Å²) in [6.45, 7) is 4.57. The van der Waals surface area contributed by atoms with E-state index in [-0.39, 0.29) is 37.5 Å². The van der Waals surface area contributed by atoms with Crippen molar-refractivity contribution in [3.05, 3.63) is 54.1 Å². The molecule has 0 aliphatic carbocycles. The second-order valence-corrected chi connectivity index (χ2v) is 13.9. The summed E-state index contributed by atoms with van der Waals surface area (Å²) in [5, 5.41) is 31.4. The van der Waals surface area contributed by atoms with Crippen LogP contribution in [0, 0.1) is 5.92 Å². The van der Waals surface area contributed by atoms with Gasteiger partial charge in [0.05, 0.1) is 19.0 Å². The van der Waals surface area contributed by atoms with Crippen LogP contribution in [0.15, 0.2) is 42.9 Å². The van der Waals surface area contributed by atoms with Gasteiger partial charge in [-0.25, -0.2) is 9.78 Å². The van der Waals surface area contributed by atoms with Gasteiger partial charge in [-0.3, -0.25) is 28.8 Å². The molecule has 1 fully saturated rings. The molecule has 0 saturated carbocycles. The number of aliphatic hydroxyl groups is 1. The number of thiol groups is 1. The number of aromatic nitrogens is 2. The Hall–Kier alpha value is -5.01. The number of aliphatic carboxylic acids is 1. The number of carboxylic acid groups (broad SMARTS) is 1. The number of carbonyl (C=O) groups is 7. The van der Waals surface area contributed by atoms with E-state index >= 15 is 0 Å². The van der Waals surface area contributed by atoms with Crippen LogP contribution in [-0.4, -0.2) is 128 Å². The van der Waals surface area contributed by atoms with E-state index in [2.05, 4.69) is 49.2 Å². The van der Waals surface area contributed by atoms with Crippen LogP contribution < -0.4 is 32.3 Å². The Kier molecular flexibility index (Phi) is 16.9. The molecule has 1 aromatic carbocycles. The minimum absolute atomic E-state index is 0.0147. The van der Waals surface area contributed by atoms with E-state index in [0.29, 0.717) is 24.1 Å². The standard InChI is InChI=1S/C35H51N9O9S/c1-19(2)12-23(36)30(47)39-20(3)29(46)40-24(14-22-15-37-18-38-22)31(48)43-27(17-54)32(49)41-25(13-21-8-5-4-6-9-21)34(51)44-11-7-10-28(44)33(50)42-26(16-45)35(52)53/h4-6,8-9,15,18-20,23-28,45,54H,7,10-14,16-17,36H2,1-3H3,(H,37,38)(H,39,47)(H,40,46)(H,41,49)(H,42,50)(H,43,48)(H,52,53). The lowest BCUT2D eigenvalue weighted by atomic mass is 10.0. The fraction of sp³-hybridized carbons (Fsp3) is 0.543. The number of hydrogen-bond donors (Lipinski definition) is 10. The second kappa shape index (κ2) is 21.0. The molecule has 7 atom stereocenters. The van der Waals surface area contributed by atoms with Gasteiger partial charge in [-0.2, -0.15) is 12.6 Å². The molecule has 6 amide bonds. The Bertz CT molecular complexity index is 1600. The van der Waals surface area contributed by atoms with Crippen molar-refractivity contribution in [3.8, 4) is 0 Å². The van der Waals surface area contributed by atoms with Gasteiger partial charge in [0.25, 0.3) is 0 Å². The summed E-state index contributed by atoms with van der Waals surface area (Å²) in [5.74, 6) is -5.61. The van der Waals surface area contributed by atoms with Gasteiger partial charge in [0.2, 0.25) is 35.4 Å². The third kappa shape index (κ3) is 12.8. The van der Waals surface area contributed by atoms with Gasteiger partial charge in [0, 0.05) is 37.0 Å². The van der Waals surface area contributed by atoms with Gasteiger partial charge in [0.15, 0.2) is 0 Å². The summed E-state index contributed by atoms with van der Waals surface area (Å²) in [7, 11) is 0. The molecule has 54 heavy (non-hydrogen) atoms. The fourth-order valence-electron chi connectivity index (χ4n) is 5.87. The Morgan fingerprint density at radius 1 is 0.889 bits per heavy atom. The Morgan fingerprint density at radius 2 is 1.54 bits per heavy atom. The van der Waals surface area contributed by atoms with Gasteiger partial charge in [-0.05, 0) is 37.7 Å². The second-order valence-electron chi connectivity index (χ2n) is 13.6. The number of hydrogen-bond acceptors (Lipinski definition) is 11. The minimum Gasteiger partial charge on any atom is -0.480 e. The molecule has 18 nitrogen and oxygen atoms in total. The number of carboxylic acids is 1. The molecule has 1 saturated heterocycles. The summed E-state index contributed by atoms with van der Waals surface area (Å²) < 4.78 is 0. The molecule has 1 aliphatic heterocycles. The maximum absolute atomic E-state index is 14.0. The van der Waals surface area contributed by atoms with Gasteiger partial charge >= 0.3 is 5.97 Å². The zero-order valence-electron chi connectivity index (χ0n) is 30.5. The van der Waals surface area contributed by atoms with Crippen molar-refractivity contribution in [2.24, 2.45) is 11.7 Å². The normalized spacial score (nSPS) is 17.3. The quantitative estimate of drug-likeness (QED) is 0.0658. The number of imidazole rings is 1. The number of likely N-dealkylation sites (tertiary alicyclic amines) is 1. The summed E-state index contributed by atoms with van der Waals surface area (Å²) >= 11 is 4.27. The monoisotopic (exact) mass is 773 g/mol. The molecule has 1 aliphatic rings. The van der Waals surface area contributed by atoms with Crippen LogP contribution in [0.5, 0.6) is 0 Å². The van der Waals surface area contributed by atoms with Crippen LogP contribution in [0.25, 0.3) is 0 Å². The number of benzene rings is 1. The van der Waals surface area contributed by atoms with Crippen molar-refractivity contribution in [1.82, 2.24) is 41.5 Å². The predicted molar refractivity (Wildman–Crippen MR) is 199 cm³/mol. The molecule has 1 aromatic heterocycles. The molecule has 296 valence electrons. The third-order valence-corrected chi connectivity index (χ3v) is 9.14. The Morgan fingerprint density at radius 3 is 2.13 bits per heavy atom. The predicted octanol–water partition coefficient (Wildman–Crippen LogP) is -1.99. The van der Waals surface area contributed by atoms with Crippen LogP contribution in [0.1, 0.15) is 51.3 Å². The summed E-state index contributed by atoms with van der Waals surface area (Å²) in [4.78, 5) is 99.7. The molecule has 7 unspecified atom stereocenters. The number of amides is 6. The zero-order valence-corrected chi connectivity index (χ0v) is 31.4. The first kappa shape index (κ1) is 43.4. The van der Waals surface area contributed by atoms with Gasteiger partial charge in [-0.15, -0.1) is 0 Å². The molecule has 19 heteroatoms. The van der Waals surface area contributed by atoms with E-state index in [1.165, 1.54) is 24.3 Å². The first-order chi connectivity index (χ1) is 25.6. The lowest BCUT2D eigenvalue weighted by molar-refractivity contribution is -0.145. The summed E-state index contributed by atoms with van der Waals surface area (Å²) in [6.07, 6.45) is 3.88. The van der Waals surface area contributed by atoms with E-state index in [1.54, 1.807) is 30.3 Å². The first-order valence-electron chi connectivity index (χ1n) is 17.7. The number of nitrogens with zero attached hydrogens (tertiary/aromatic N) is 2. The first-order valence-corrected chi connectivity index (χ1v) is 18.3. The van der Waals surface area contributed by atoms with Crippen molar-refractivity contribution in [2.75, 3.05) is 18.9 Å². The molecule has 3 rings (SSSR count). The lowest BCUT2D eigenvalue weighted by Crippen LogP contribution is -2.60. The number of nitrogens with two attached hydrogens (primary N) is 1. The van der Waals surface area contributed by atoms with Crippen molar-refractivity contribution in [2.45, 2.75) is 95.2 Å². The maximum Gasteiger partial charge on any atom is 0.328 e. The van der Waals surface area contributed by atoms with E-state index in [9.17, 15) is 43.8 Å². The van der Waals surface area contributed by atoms with Crippen LogP contribution in [-0.2, 0) is 46.4 Å². The molecule has 2 aromatic rings. The molecular weight excluding hydrogens is 723 g/mol. The topological polar surface area (TPSA) is 278 Å². The average molecular weight is 774 g/mol. The van der Waals surface area contributed by atoms with E-state index in [4.69, 9.17) is 5.73 Å². The van der Waals surface area contributed by atoms with Gasteiger partial charge in [0.1, 0.15) is 36.3 Å². The maximum atomic E-state index is 14.0. The number of H-pyrrole nitrogens is 1. The van der Waals surface area contributed by atoms with Crippen molar-refractivity contribution >= 4 is 54.0 Å². The zero-order chi connectivity index (χ0) is 39.9. The van der Waals surface area contributed by atoms with E-state index in [1.807, 2.05) is 13.8 Å². The lowest BCUT2D eigenvalue weighted by Gasteiger charge is -2.30. The van der Waals surface area contributed by atoms with Crippen molar-refractivity contribution in [1.29, 1.82) is 0 Å². The largest absolute Gasteiger partial charge is 0.480 e. The van der Waals surface area contributed by atoms with Crippen LogP contribution in [0.2, 0.25) is 0 Å². The number of nitrogens with one attached hydrogen (secondary N) is 6. The molecular formula is C35H51N9O9S. The number of carbonyl (C=O) groups excluding carboxylic acids is 6. The number of aliphatic hydroxyl groups excluding tert-OH is 1. The van der Waals surface area contributed by atoms with Crippen molar-refractivity contribution in [3.63, 3.8) is 0 Å². The smallest absolute Gasteiger partial charge is 0.328 e. The summed E-state index contributed by atoms with van der Waals surface area (Å²) in [6, 6.07) is 0.534. The van der Waals surface area contributed by atoms with Gasteiger partial charge in [-0.1, -0.05) is 44.2 Å². The number of aromatic amines is 1. The van der Waals surface area contributed by atoms with E-state index in [0.717, 1.165) is 0 Å². The fourth-order valence-corrected chi connectivity index (χ4v) is 6.13. The molecule has 2 heterocycles. The van der Waals surface area contributed by atoms with Crippen LogP contribution in [0.4, 0.5) is 0 Å². The van der Waals surface area contributed by atoms with E-state index < -0.39 is 90.3 Å². The minimum atomic E-state index is -1.56. The summed E-state index contributed by atoms with van der Waals surface area (Å²) in [5.41, 5.74) is 7.13. The number of rotatable bonds is 20. The highest BCUT2D eigenvalue weighted by molar-refractivity contribution is 7.80. The Balaban J connectivity index is 1.78. The molecule has 0 spiro atoms. The van der Waals surface area contributed by atoms with Crippen LogP contribution >= 0.6 is 12.6 Å². The van der Waals surface area contributed by atoms with Gasteiger partial charge < -0.3 is 52.4 Å². The third-order valence-electron chi connectivity index (χ3n) is 8.77. The molecule has 0 bridgehead atoms.